The van der Waals surface area contributed by atoms with E-state index in [1.54, 1.807) is 0 Å². The van der Waals surface area contributed by atoms with Crippen molar-refractivity contribution in [1.29, 1.82) is 0 Å². The van der Waals surface area contributed by atoms with Crippen LogP contribution in [0.15, 0.2) is 42.5 Å². The minimum absolute atomic E-state index is 0.0233. The van der Waals surface area contributed by atoms with Crippen molar-refractivity contribution in [2.24, 2.45) is 11.8 Å². The second-order valence-corrected chi connectivity index (χ2v) is 9.71. The lowest BCUT2D eigenvalue weighted by molar-refractivity contribution is -0.120. The summed E-state index contributed by atoms with van der Waals surface area (Å²) >= 11 is 0. The van der Waals surface area contributed by atoms with Gasteiger partial charge in [-0.05, 0) is 74.1 Å². The van der Waals surface area contributed by atoms with Gasteiger partial charge in [0.2, 0.25) is 5.91 Å². The normalized spacial score (nSPS) is 21.2. The Morgan fingerprint density at radius 2 is 1.73 bits per heavy atom. The molecule has 1 heterocycles. The van der Waals surface area contributed by atoms with Crippen molar-refractivity contribution in [3.05, 3.63) is 48.0 Å². The molecular formula is C27H32N4O2. The molecular weight excluding hydrogens is 412 g/mol. The van der Waals surface area contributed by atoms with Gasteiger partial charge in [-0.2, -0.15) is 0 Å². The largest absolute Gasteiger partial charge is 0.349 e. The van der Waals surface area contributed by atoms with Gasteiger partial charge in [0.05, 0.1) is 11.0 Å². The van der Waals surface area contributed by atoms with Gasteiger partial charge in [0.25, 0.3) is 5.91 Å². The molecule has 0 radical (unpaired) electrons. The highest BCUT2D eigenvalue weighted by Crippen LogP contribution is 2.27. The molecule has 2 unspecified atom stereocenters. The quantitative estimate of drug-likeness (QED) is 0.474. The Balaban J connectivity index is 1.27. The van der Waals surface area contributed by atoms with Crippen LogP contribution in [0.4, 0.5) is 5.69 Å². The Labute approximate surface area is 194 Å². The number of fused-ring (bicyclic) bond motifs is 1. The van der Waals surface area contributed by atoms with Crippen LogP contribution in [0, 0.1) is 11.8 Å². The lowest BCUT2D eigenvalue weighted by Crippen LogP contribution is -2.36. The number of hydrogen-bond acceptors (Lipinski definition) is 3. The van der Waals surface area contributed by atoms with Crippen LogP contribution in [0.2, 0.25) is 0 Å². The summed E-state index contributed by atoms with van der Waals surface area (Å²) in [6.45, 7) is 2.20. The molecule has 6 nitrogen and oxygen atoms in total. The van der Waals surface area contributed by atoms with E-state index in [-0.39, 0.29) is 23.8 Å². The SMILES string of the molecule is CC1CCCC1NC(=O)c1ccc2nc(-c3ccc(NC(=O)C4CCCCC4)cc3)[nH]c2c1. The van der Waals surface area contributed by atoms with Crippen molar-refractivity contribution in [3.8, 4) is 11.4 Å². The zero-order valence-corrected chi connectivity index (χ0v) is 19.2. The molecule has 2 fully saturated rings. The lowest BCUT2D eigenvalue weighted by Gasteiger charge is -2.20. The third-order valence-electron chi connectivity index (χ3n) is 7.32. The molecule has 172 valence electrons. The van der Waals surface area contributed by atoms with Crippen molar-refractivity contribution in [2.75, 3.05) is 5.32 Å². The fourth-order valence-electron chi connectivity index (χ4n) is 5.22. The number of imidazole rings is 1. The van der Waals surface area contributed by atoms with Crippen LogP contribution in [-0.2, 0) is 4.79 Å². The first-order valence-electron chi connectivity index (χ1n) is 12.3. The average Bonchev–Trinajstić information content (AvgIpc) is 3.45. The second-order valence-electron chi connectivity index (χ2n) is 9.71. The molecule has 3 N–H and O–H groups in total. The van der Waals surface area contributed by atoms with Gasteiger partial charge in [0.1, 0.15) is 5.82 Å². The Kier molecular flexibility index (Phi) is 6.16. The number of H-pyrrole nitrogens is 1. The third-order valence-corrected chi connectivity index (χ3v) is 7.32. The monoisotopic (exact) mass is 444 g/mol. The fraction of sp³-hybridized carbons (Fsp3) is 0.444. The molecule has 2 amide bonds. The fourth-order valence-corrected chi connectivity index (χ4v) is 5.22. The molecule has 2 aliphatic rings. The summed E-state index contributed by atoms with van der Waals surface area (Å²) < 4.78 is 0. The van der Waals surface area contributed by atoms with E-state index in [9.17, 15) is 9.59 Å². The summed E-state index contributed by atoms with van der Waals surface area (Å²) in [4.78, 5) is 33.2. The first kappa shape index (κ1) is 21.7. The zero-order valence-electron chi connectivity index (χ0n) is 19.2. The van der Waals surface area contributed by atoms with E-state index in [1.807, 2.05) is 42.5 Å². The number of hydrogen-bond donors (Lipinski definition) is 3. The number of amides is 2. The molecule has 0 saturated heterocycles. The summed E-state index contributed by atoms with van der Waals surface area (Å²) in [7, 11) is 0. The van der Waals surface area contributed by atoms with Gasteiger partial charge in [0, 0.05) is 28.8 Å². The summed E-state index contributed by atoms with van der Waals surface area (Å²) in [5, 5.41) is 6.24. The maximum Gasteiger partial charge on any atom is 0.251 e. The van der Waals surface area contributed by atoms with Crippen LogP contribution >= 0.6 is 0 Å². The highest BCUT2D eigenvalue weighted by atomic mass is 16.2. The number of carbonyl (C=O) groups is 2. The van der Waals surface area contributed by atoms with Crippen LogP contribution in [0.1, 0.15) is 68.6 Å². The Hall–Kier alpha value is -3.15. The zero-order chi connectivity index (χ0) is 22.8. The van der Waals surface area contributed by atoms with Gasteiger partial charge in [-0.1, -0.05) is 32.6 Å². The molecule has 0 spiro atoms. The number of aromatic nitrogens is 2. The van der Waals surface area contributed by atoms with Crippen molar-refractivity contribution in [3.63, 3.8) is 0 Å². The van der Waals surface area contributed by atoms with Crippen LogP contribution in [0.3, 0.4) is 0 Å². The second kappa shape index (κ2) is 9.38. The number of rotatable bonds is 5. The Bertz CT molecular complexity index is 1140. The summed E-state index contributed by atoms with van der Waals surface area (Å²) in [6, 6.07) is 13.6. The Morgan fingerprint density at radius 1 is 0.939 bits per heavy atom. The van der Waals surface area contributed by atoms with Gasteiger partial charge < -0.3 is 15.6 Å². The van der Waals surface area contributed by atoms with E-state index in [0.717, 1.165) is 60.2 Å². The van der Waals surface area contributed by atoms with E-state index >= 15 is 0 Å². The molecule has 2 saturated carbocycles. The van der Waals surface area contributed by atoms with Crippen LogP contribution in [0.25, 0.3) is 22.4 Å². The number of anilines is 1. The standard InChI is InChI=1S/C27H32N4O2/c1-17-6-5-9-22(17)31-27(33)20-12-15-23-24(16-20)30-25(29-23)18-10-13-21(14-11-18)28-26(32)19-7-3-2-4-8-19/h10-17,19,22H,2-9H2,1H3,(H,28,32)(H,29,30)(H,31,33). The summed E-state index contributed by atoms with van der Waals surface area (Å²) in [5.74, 6) is 1.52. The number of aromatic amines is 1. The van der Waals surface area contributed by atoms with E-state index in [2.05, 4.69) is 27.5 Å². The topological polar surface area (TPSA) is 86.9 Å². The number of carbonyl (C=O) groups excluding carboxylic acids is 2. The maximum absolute atomic E-state index is 12.7. The molecule has 1 aromatic heterocycles. The van der Waals surface area contributed by atoms with Crippen LogP contribution in [-0.4, -0.2) is 27.8 Å². The van der Waals surface area contributed by atoms with Crippen molar-refractivity contribution < 1.29 is 9.59 Å². The Morgan fingerprint density at radius 3 is 2.45 bits per heavy atom. The number of nitrogens with zero attached hydrogens (tertiary/aromatic N) is 1. The van der Waals surface area contributed by atoms with Gasteiger partial charge in [-0.3, -0.25) is 9.59 Å². The molecule has 6 heteroatoms. The van der Waals surface area contributed by atoms with Crippen LogP contribution < -0.4 is 10.6 Å². The average molecular weight is 445 g/mol. The summed E-state index contributed by atoms with van der Waals surface area (Å²) in [5.41, 5.74) is 4.06. The predicted molar refractivity (Wildman–Crippen MR) is 131 cm³/mol. The van der Waals surface area contributed by atoms with E-state index in [4.69, 9.17) is 0 Å². The first-order chi connectivity index (χ1) is 16.1. The van der Waals surface area contributed by atoms with Gasteiger partial charge in [-0.25, -0.2) is 4.98 Å². The lowest BCUT2D eigenvalue weighted by atomic mass is 9.88. The van der Waals surface area contributed by atoms with Gasteiger partial charge in [-0.15, -0.1) is 0 Å². The highest BCUT2D eigenvalue weighted by molar-refractivity contribution is 5.98. The van der Waals surface area contributed by atoms with Crippen molar-refractivity contribution in [1.82, 2.24) is 15.3 Å². The van der Waals surface area contributed by atoms with E-state index in [0.29, 0.717) is 11.5 Å². The molecule has 2 aromatic carbocycles. The smallest absolute Gasteiger partial charge is 0.251 e. The first-order valence-corrected chi connectivity index (χ1v) is 12.3. The molecule has 5 rings (SSSR count). The molecule has 33 heavy (non-hydrogen) atoms. The molecule has 0 bridgehead atoms. The highest BCUT2D eigenvalue weighted by Gasteiger charge is 2.25. The minimum atomic E-state index is -0.0233. The molecule has 2 aliphatic carbocycles. The summed E-state index contributed by atoms with van der Waals surface area (Å²) in [6.07, 6.45) is 8.92. The molecule has 0 aliphatic heterocycles. The van der Waals surface area contributed by atoms with Gasteiger partial charge >= 0.3 is 0 Å². The van der Waals surface area contributed by atoms with Crippen molar-refractivity contribution >= 4 is 28.5 Å². The predicted octanol–water partition coefficient (Wildman–Crippen LogP) is 5.67. The van der Waals surface area contributed by atoms with Gasteiger partial charge in [0.15, 0.2) is 0 Å². The number of nitrogens with one attached hydrogen (secondary N) is 3. The maximum atomic E-state index is 12.7. The molecule has 3 aromatic rings. The molecule has 2 atom stereocenters. The number of benzene rings is 2. The third kappa shape index (κ3) is 4.80. The van der Waals surface area contributed by atoms with E-state index < -0.39 is 0 Å². The van der Waals surface area contributed by atoms with E-state index in [1.165, 1.54) is 19.3 Å². The van der Waals surface area contributed by atoms with Crippen molar-refractivity contribution in [2.45, 2.75) is 64.3 Å². The van der Waals surface area contributed by atoms with Crippen LogP contribution in [0.5, 0.6) is 0 Å². The minimum Gasteiger partial charge on any atom is -0.349 e.